The van der Waals surface area contributed by atoms with Gasteiger partial charge in [-0.3, -0.25) is 4.79 Å². The summed E-state index contributed by atoms with van der Waals surface area (Å²) >= 11 is 0. The molecule has 3 nitrogen and oxygen atoms in total. The molecule has 3 heteroatoms. The summed E-state index contributed by atoms with van der Waals surface area (Å²) in [4.78, 5) is 13.2. The van der Waals surface area contributed by atoms with Crippen LogP contribution in [0.2, 0.25) is 0 Å². The lowest BCUT2D eigenvalue weighted by atomic mass is 10.2. The van der Waals surface area contributed by atoms with Crippen LogP contribution in [0.1, 0.15) is 25.7 Å². The SMILES string of the molecule is NCCN1CCCCCC1=O. The van der Waals surface area contributed by atoms with E-state index in [-0.39, 0.29) is 5.91 Å². The van der Waals surface area contributed by atoms with Crippen molar-refractivity contribution in [2.24, 2.45) is 5.73 Å². The molecule has 1 fully saturated rings. The van der Waals surface area contributed by atoms with E-state index in [2.05, 4.69) is 0 Å². The molecular weight excluding hydrogens is 140 g/mol. The van der Waals surface area contributed by atoms with Crippen molar-refractivity contribution >= 4 is 5.91 Å². The van der Waals surface area contributed by atoms with Crippen molar-refractivity contribution in [2.75, 3.05) is 19.6 Å². The molecule has 0 radical (unpaired) electrons. The van der Waals surface area contributed by atoms with Gasteiger partial charge in [-0.1, -0.05) is 6.42 Å². The lowest BCUT2D eigenvalue weighted by molar-refractivity contribution is -0.130. The van der Waals surface area contributed by atoms with E-state index in [4.69, 9.17) is 5.73 Å². The van der Waals surface area contributed by atoms with Gasteiger partial charge >= 0.3 is 0 Å². The Hall–Kier alpha value is -0.570. The fraction of sp³-hybridized carbons (Fsp3) is 0.875. The fourth-order valence-electron chi connectivity index (χ4n) is 1.43. The van der Waals surface area contributed by atoms with Gasteiger partial charge in [0.1, 0.15) is 0 Å². The lowest BCUT2D eigenvalue weighted by Crippen LogP contribution is -2.34. The minimum atomic E-state index is 0.285. The molecule has 1 aliphatic heterocycles. The summed E-state index contributed by atoms with van der Waals surface area (Å²) in [6.45, 7) is 2.24. The minimum Gasteiger partial charge on any atom is -0.341 e. The van der Waals surface area contributed by atoms with Crippen LogP contribution in [0.25, 0.3) is 0 Å². The molecule has 2 N–H and O–H groups in total. The number of carbonyl (C=O) groups excluding carboxylic acids is 1. The number of hydrogen-bond donors (Lipinski definition) is 1. The van der Waals surface area contributed by atoms with E-state index in [1.54, 1.807) is 0 Å². The van der Waals surface area contributed by atoms with Crippen molar-refractivity contribution in [1.29, 1.82) is 0 Å². The van der Waals surface area contributed by atoms with Crippen molar-refractivity contribution in [2.45, 2.75) is 25.7 Å². The second-order valence-electron chi connectivity index (χ2n) is 2.98. The van der Waals surface area contributed by atoms with E-state index in [1.165, 1.54) is 6.42 Å². The van der Waals surface area contributed by atoms with E-state index in [0.717, 1.165) is 32.4 Å². The van der Waals surface area contributed by atoms with Crippen LogP contribution in [-0.4, -0.2) is 30.4 Å². The molecular formula is C8H16N2O. The van der Waals surface area contributed by atoms with E-state index < -0.39 is 0 Å². The van der Waals surface area contributed by atoms with Gasteiger partial charge in [0, 0.05) is 26.1 Å². The normalized spacial score (nSPS) is 20.1. The van der Waals surface area contributed by atoms with Gasteiger partial charge in [0.15, 0.2) is 0 Å². The molecule has 0 unspecified atom stereocenters. The predicted molar refractivity (Wildman–Crippen MR) is 44.1 cm³/mol. The third kappa shape index (κ3) is 2.50. The highest BCUT2D eigenvalue weighted by molar-refractivity contribution is 5.76. The summed E-state index contributed by atoms with van der Waals surface area (Å²) in [5.74, 6) is 0.285. The fourth-order valence-corrected chi connectivity index (χ4v) is 1.43. The van der Waals surface area contributed by atoms with Crippen molar-refractivity contribution in [1.82, 2.24) is 4.90 Å². The first kappa shape index (κ1) is 8.53. The number of nitrogens with zero attached hydrogens (tertiary/aromatic N) is 1. The highest BCUT2D eigenvalue weighted by Gasteiger charge is 2.14. The Morgan fingerprint density at radius 3 is 2.91 bits per heavy atom. The molecule has 0 atom stereocenters. The average molecular weight is 156 g/mol. The Balaban J connectivity index is 2.39. The van der Waals surface area contributed by atoms with Crippen LogP contribution in [0.3, 0.4) is 0 Å². The number of rotatable bonds is 2. The van der Waals surface area contributed by atoms with Crippen LogP contribution in [0.4, 0.5) is 0 Å². The smallest absolute Gasteiger partial charge is 0.222 e. The Bertz CT molecular complexity index is 136. The monoisotopic (exact) mass is 156 g/mol. The molecule has 0 aromatic heterocycles. The quantitative estimate of drug-likeness (QED) is 0.627. The van der Waals surface area contributed by atoms with Crippen LogP contribution < -0.4 is 5.73 Å². The van der Waals surface area contributed by atoms with Gasteiger partial charge in [-0.2, -0.15) is 0 Å². The standard InChI is InChI=1S/C8H16N2O/c9-5-7-10-6-3-1-2-4-8(10)11/h1-7,9H2. The number of amides is 1. The van der Waals surface area contributed by atoms with Gasteiger partial charge in [-0.25, -0.2) is 0 Å². The van der Waals surface area contributed by atoms with Crippen molar-refractivity contribution in [3.63, 3.8) is 0 Å². The van der Waals surface area contributed by atoms with Crippen LogP contribution in [-0.2, 0) is 4.79 Å². The zero-order valence-electron chi connectivity index (χ0n) is 6.88. The van der Waals surface area contributed by atoms with Gasteiger partial charge < -0.3 is 10.6 Å². The third-order valence-electron chi connectivity index (χ3n) is 2.07. The molecule has 1 amide bonds. The summed E-state index contributed by atoms with van der Waals surface area (Å²) in [5, 5.41) is 0. The van der Waals surface area contributed by atoms with E-state index in [1.807, 2.05) is 4.90 Å². The summed E-state index contributed by atoms with van der Waals surface area (Å²) in [7, 11) is 0. The lowest BCUT2D eigenvalue weighted by Gasteiger charge is -2.18. The molecule has 1 aliphatic rings. The average Bonchev–Trinajstić information content (AvgIpc) is 2.18. The minimum absolute atomic E-state index is 0.285. The van der Waals surface area contributed by atoms with Crippen molar-refractivity contribution in [3.05, 3.63) is 0 Å². The summed E-state index contributed by atoms with van der Waals surface area (Å²) in [6, 6.07) is 0. The van der Waals surface area contributed by atoms with Crippen molar-refractivity contribution in [3.8, 4) is 0 Å². The van der Waals surface area contributed by atoms with Crippen LogP contribution in [0, 0.1) is 0 Å². The maximum absolute atomic E-state index is 11.3. The Morgan fingerprint density at radius 1 is 1.36 bits per heavy atom. The van der Waals surface area contributed by atoms with Gasteiger partial charge in [-0.15, -0.1) is 0 Å². The number of nitrogens with two attached hydrogens (primary N) is 1. The van der Waals surface area contributed by atoms with E-state index >= 15 is 0 Å². The van der Waals surface area contributed by atoms with Gasteiger partial charge in [-0.05, 0) is 12.8 Å². The summed E-state index contributed by atoms with van der Waals surface area (Å²) in [6.07, 6.45) is 4.11. The van der Waals surface area contributed by atoms with Gasteiger partial charge in [0.05, 0.1) is 0 Å². The second-order valence-corrected chi connectivity index (χ2v) is 2.98. The molecule has 0 bridgehead atoms. The van der Waals surface area contributed by atoms with Crippen LogP contribution in [0.5, 0.6) is 0 Å². The number of carbonyl (C=O) groups is 1. The maximum atomic E-state index is 11.3. The molecule has 64 valence electrons. The Kier molecular flexibility index (Phi) is 3.36. The highest BCUT2D eigenvalue weighted by atomic mass is 16.2. The number of hydrogen-bond acceptors (Lipinski definition) is 2. The highest BCUT2D eigenvalue weighted by Crippen LogP contribution is 2.09. The molecule has 1 rings (SSSR count). The first-order chi connectivity index (χ1) is 5.34. The molecule has 0 aliphatic carbocycles. The topological polar surface area (TPSA) is 46.3 Å². The van der Waals surface area contributed by atoms with Crippen LogP contribution in [0.15, 0.2) is 0 Å². The third-order valence-corrected chi connectivity index (χ3v) is 2.07. The molecule has 1 saturated heterocycles. The summed E-state index contributed by atoms with van der Waals surface area (Å²) < 4.78 is 0. The van der Waals surface area contributed by atoms with Crippen molar-refractivity contribution < 1.29 is 4.79 Å². The molecule has 11 heavy (non-hydrogen) atoms. The second kappa shape index (κ2) is 4.34. The van der Waals surface area contributed by atoms with E-state index in [9.17, 15) is 4.79 Å². The zero-order chi connectivity index (χ0) is 8.10. The molecule has 0 aromatic carbocycles. The molecule has 0 spiro atoms. The zero-order valence-corrected chi connectivity index (χ0v) is 6.88. The number of likely N-dealkylation sites (tertiary alicyclic amines) is 1. The Morgan fingerprint density at radius 2 is 2.18 bits per heavy atom. The maximum Gasteiger partial charge on any atom is 0.222 e. The van der Waals surface area contributed by atoms with E-state index in [0.29, 0.717) is 6.54 Å². The molecule has 1 heterocycles. The molecule has 0 aromatic rings. The molecule has 0 saturated carbocycles. The Labute approximate surface area is 67.5 Å². The summed E-state index contributed by atoms with van der Waals surface area (Å²) in [5.41, 5.74) is 5.38. The van der Waals surface area contributed by atoms with Gasteiger partial charge in [0.25, 0.3) is 0 Å². The first-order valence-electron chi connectivity index (χ1n) is 4.32. The predicted octanol–water partition coefficient (Wildman–Crippen LogP) is 0.348. The largest absolute Gasteiger partial charge is 0.341 e. The van der Waals surface area contributed by atoms with Crippen LogP contribution >= 0.6 is 0 Å². The van der Waals surface area contributed by atoms with Gasteiger partial charge in [0.2, 0.25) is 5.91 Å². The first-order valence-corrected chi connectivity index (χ1v) is 4.32.